The summed E-state index contributed by atoms with van der Waals surface area (Å²) in [6.07, 6.45) is 0.399. The molecular weight excluding hydrogens is 278 g/mol. The zero-order valence-electron chi connectivity index (χ0n) is 12.4. The van der Waals surface area contributed by atoms with Crippen LogP contribution in [0.15, 0.2) is 0 Å². The van der Waals surface area contributed by atoms with Crippen molar-refractivity contribution in [1.29, 1.82) is 0 Å². The van der Waals surface area contributed by atoms with Crippen molar-refractivity contribution >= 4 is 12.0 Å². The highest BCUT2D eigenvalue weighted by Crippen LogP contribution is 2.08. The van der Waals surface area contributed by atoms with E-state index < -0.39 is 18.0 Å². The average molecular weight is 303 g/mol. The van der Waals surface area contributed by atoms with Gasteiger partial charge in [-0.1, -0.05) is 0 Å². The van der Waals surface area contributed by atoms with Crippen LogP contribution in [0.1, 0.15) is 19.8 Å². The number of nitrogens with one attached hydrogen (secondary N) is 1. The first-order chi connectivity index (χ1) is 9.84. The fourth-order valence-electron chi connectivity index (χ4n) is 2.31. The van der Waals surface area contributed by atoms with Crippen LogP contribution in [0.5, 0.6) is 0 Å². The van der Waals surface area contributed by atoms with Gasteiger partial charge in [-0.2, -0.15) is 0 Å². The molecule has 21 heavy (non-hydrogen) atoms. The first kappa shape index (κ1) is 17.7. The number of hydrogen-bond acceptors (Lipinski definition) is 5. The molecule has 1 rings (SSSR count). The summed E-state index contributed by atoms with van der Waals surface area (Å²) in [5.41, 5.74) is -1.46. The minimum atomic E-state index is -1.46. The van der Waals surface area contributed by atoms with E-state index in [1.807, 2.05) is 0 Å². The summed E-state index contributed by atoms with van der Waals surface area (Å²) in [6.45, 7) is 4.66. The molecule has 1 fully saturated rings. The monoisotopic (exact) mass is 303 g/mol. The Balaban J connectivity index is 2.39. The van der Waals surface area contributed by atoms with E-state index in [0.29, 0.717) is 26.2 Å². The molecule has 1 aliphatic heterocycles. The molecule has 0 radical (unpaired) electrons. The molecule has 2 amide bonds. The number of carboxylic acids is 1. The van der Waals surface area contributed by atoms with Crippen molar-refractivity contribution < 1.29 is 24.9 Å². The van der Waals surface area contributed by atoms with Gasteiger partial charge in [-0.25, -0.2) is 4.79 Å². The van der Waals surface area contributed by atoms with Crippen molar-refractivity contribution in [2.24, 2.45) is 0 Å². The van der Waals surface area contributed by atoms with Crippen LogP contribution in [0.3, 0.4) is 0 Å². The van der Waals surface area contributed by atoms with E-state index in [1.54, 1.807) is 4.90 Å². The third-order valence-corrected chi connectivity index (χ3v) is 3.44. The van der Waals surface area contributed by atoms with Gasteiger partial charge < -0.3 is 25.5 Å². The Labute approximate surface area is 124 Å². The lowest BCUT2D eigenvalue weighted by Gasteiger charge is -2.26. The fraction of sp³-hybridized carbons (Fsp3) is 0.846. The van der Waals surface area contributed by atoms with Gasteiger partial charge in [0.15, 0.2) is 0 Å². The van der Waals surface area contributed by atoms with Crippen LogP contribution in [0, 0.1) is 0 Å². The van der Waals surface area contributed by atoms with Crippen LogP contribution in [0.4, 0.5) is 4.79 Å². The van der Waals surface area contributed by atoms with E-state index in [0.717, 1.165) is 13.0 Å². The number of aliphatic carboxylic acids is 1. The Kier molecular flexibility index (Phi) is 6.86. The van der Waals surface area contributed by atoms with E-state index in [2.05, 4.69) is 10.2 Å². The van der Waals surface area contributed by atoms with Crippen LogP contribution in [0.25, 0.3) is 0 Å². The molecule has 4 N–H and O–H groups in total. The Morgan fingerprint density at radius 3 is 2.57 bits per heavy atom. The van der Waals surface area contributed by atoms with E-state index in [-0.39, 0.29) is 19.2 Å². The third kappa shape index (κ3) is 6.74. The first-order valence-corrected chi connectivity index (χ1v) is 7.14. The van der Waals surface area contributed by atoms with Gasteiger partial charge in [0, 0.05) is 32.7 Å². The zero-order chi connectivity index (χ0) is 15.9. The lowest BCUT2D eigenvalue weighted by molar-refractivity contribution is -0.141. The summed E-state index contributed by atoms with van der Waals surface area (Å²) < 4.78 is 0. The standard InChI is InChI=1S/C13H25N3O5/c1-13(21,9-11(18)19)10-14-12(20)16-4-2-3-15(5-6-16)7-8-17/h17,21H,2-10H2,1H3,(H,14,20)(H,18,19). The molecule has 8 nitrogen and oxygen atoms in total. The largest absolute Gasteiger partial charge is 0.481 e. The Morgan fingerprint density at radius 2 is 1.95 bits per heavy atom. The minimum absolute atomic E-state index is 0.101. The summed E-state index contributed by atoms with van der Waals surface area (Å²) >= 11 is 0. The maximum Gasteiger partial charge on any atom is 0.317 e. The fourth-order valence-corrected chi connectivity index (χ4v) is 2.31. The number of β-amino-alcohol motifs (C(OH)–C–C–N with tert-alkyl or cyclic N) is 1. The normalized spacial score (nSPS) is 19.7. The highest BCUT2D eigenvalue weighted by Gasteiger charge is 2.26. The lowest BCUT2D eigenvalue weighted by atomic mass is 10.0. The van der Waals surface area contributed by atoms with Gasteiger partial charge in [0.25, 0.3) is 0 Å². The maximum absolute atomic E-state index is 12.0. The number of amides is 2. The van der Waals surface area contributed by atoms with Crippen LogP contribution in [0.2, 0.25) is 0 Å². The van der Waals surface area contributed by atoms with Crippen LogP contribution < -0.4 is 5.32 Å². The number of urea groups is 1. The maximum atomic E-state index is 12.0. The highest BCUT2D eigenvalue weighted by molar-refractivity contribution is 5.74. The van der Waals surface area contributed by atoms with Gasteiger partial charge in [-0.3, -0.25) is 9.69 Å². The number of carbonyl (C=O) groups excluding carboxylic acids is 1. The molecule has 0 aromatic heterocycles. The van der Waals surface area contributed by atoms with Gasteiger partial charge in [-0.15, -0.1) is 0 Å². The summed E-state index contributed by atoms with van der Waals surface area (Å²) in [4.78, 5) is 26.4. The summed E-state index contributed by atoms with van der Waals surface area (Å²) in [5.74, 6) is -1.11. The molecule has 1 saturated heterocycles. The number of hydrogen-bond donors (Lipinski definition) is 4. The van der Waals surface area contributed by atoms with Gasteiger partial charge in [0.05, 0.1) is 18.6 Å². The van der Waals surface area contributed by atoms with Crippen LogP contribution in [-0.2, 0) is 4.79 Å². The molecule has 1 unspecified atom stereocenters. The number of aliphatic hydroxyl groups excluding tert-OH is 1. The zero-order valence-corrected chi connectivity index (χ0v) is 12.4. The predicted molar refractivity (Wildman–Crippen MR) is 76.0 cm³/mol. The number of nitrogens with zero attached hydrogens (tertiary/aromatic N) is 2. The molecule has 0 saturated carbocycles. The summed E-state index contributed by atoms with van der Waals surface area (Å²) in [5, 5.41) is 30.0. The average Bonchev–Trinajstić information content (AvgIpc) is 2.61. The number of rotatable bonds is 6. The SMILES string of the molecule is CC(O)(CNC(=O)N1CCCN(CCO)CC1)CC(=O)O. The van der Waals surface area contributed by atoms with Crippen molar-refractivity contribution in [2.75, 3.05) is 45.9 Å². The summed E-state index contributed by atoms with van der Waals surface area (Å²) in [7, 11) is 0. The van der Waals surface area contributed by atoms with E-state index in [9.17, 15) is 14.7 Å². The molecule has 0 bridgehead atoms. The van der Waals surface area contributed by atoms with Crippen molar-refractivity contribution in [3.8, 4) is 0 Å². The Hall–Kier alpha value is -1.38. The van der Waals surface area contributed by atoms with E-state index >= 15 is 0 Å². The second-order valence-corrected chi connectivity index (χ2v) is 5.63. The summed E-state index contributed by atoms with van der Waals surface area (Å²) in [6, 6.07) is -0.300. The molecule has 0 aromatic rings. The van der Waals surface area contributed by atoms with Crippen molar-refractivity contribution in [3.05, 3.63) is 0 Å². The second-order valence-electron chi connectivity index (χ2n) is 5.63. The number of carboxylic acid groups (broad SMARTS) is 1. The molecule has 1 heterocycles. The van der Waals surface area contributed by atoms with Crippen molar-refractivity contribution in [2.45, 2.75) is 25.4 Å². The molecule has 1 atom stereocenters. The first-order valence-electron chi connectivity index (χ1n) is 7.14. The molecular formula is C13H25N3O5. The van der Waals surface area contributed by atoms with Gasteiger partial charge >= 0.3 is 12.0 Å². The van der Waals surface area contributed by atoms with Crippen molar-refractivity contribution in [3.63, 3.8) is 0 Å². The van der Waals surface area contributed by atoms with E-state index in [4.69, 9.17) is 10.2 Å². The quantitative estimate of drug-likeness (QED) is 0.496. The second kappa shape index (κ2) is 8.16. The van der Waals surface area contributed by atoms with Gasteiger partial charge in [0.2, 0.25) is 0 Å². The third-order valence-electron chi connectivity index (χ3n) is 3.44. The molecule has 0 aromatic carbocycles. The molecule has 0 aliphatic carbocycles. The molecule has 8 heteroatoms. The molecule has 0 spiro atoms. The molecule has 1 aliphatic rings. The van der Waals surface area contributed by atoms with Crippen LogP contribution >= 0.6 is 0 Å². The minimum Gasteiger partial charge on any atom is -0.481 e. The Bertz CT molecular complexity index is 362. The van der Waals surface area contributed by atoms with Crippen LogP contribution in [-0.4, -0.2) is 88.6 Å². The van der Waals surface area contributed by atoms with E-state index in [1.165, 1.54) is 6.92 Å². The van der Waals surface area contributed by atoms with Gasteiger partial charge in [-0.05, 0) is 19.9 Å². The Morgan fingerprint density at radius 1 is 1.24 bits per heavy atom. The van der Waals surface area contributed by atoms with Crippen molar-refractivity contribution in [1.82, 2.24) is 15.1 Å². The lowest BCUT2D eigenvalue weighted by Crippen LogP contribution is -2.48. The number of aliphatic hydroxyl groups is 2. The highest BCUT2D eigenvalue weighted by atomic mass is 16.4. The number of carbonyl (C=O) groups is 2. The smallest absolute Gasteiger partial charge is 0.317 e. The topological polar surface area (TPSA) is 113 Å². The van der Waals surface area contributed by atoms with Gasteiger partial charge in [0.1, 0.15) is 0 Å². The molecule has 122 valence electrons. The predicted octanol–water partition coefficient (Wildman–Crippen LogP) is -1.08.